The van der Waals surface area contributed by atoms with Gasteiger partial charge in [-0.3, -0.25) is 4.98 Å². The number of nitrogen functional groups attached to an aromatic ring is 1. The summed E-state index contributed by atoms with van der Waals surface area (Å²) in [6, 6.07) is 12.7. The average molecular weight is 288 g/mol. The first kappa shape index (κ1) is 13.4. The summed E-state index contributed by atoms with van der Waals surface area (Å²) in [6.07, 6.45) is -2.78. The van der Waals surface area contributed by atoms with E-state index >= 15 is 0 Å². The highest BCUT2D eigenvalue weighted by molar-refractivity contribution is 5.86. The van der Waals surface area contributed by atoms with E-state index < -0.39 is 11.7 Å². The van der Waals surface area contributed by atoms with Crippen molar-refractivity contribution >= 4 is 16.6 Å². The second kappa shape index (κ2) is 4.77. The van der Waals surface area contributed by atoms with Crippen molar-refractivity contribution < 1.29 is 13.2 Å². The summed E-state index contributed by atoms with van der Waals surface area (Å²) >= 11 is 0. The molecule has 0 unspecified atom stereocenters. The molecule has 3 aromatic rings. The molecule has 2 N–H and O–H groups in total. The van der Waals surface area contributed by atoms with Crippen molar-refractivity contribution in [2.45, 2.75) is 6.18 Å². The summed E-state index contributed by atoms with van der Waals surface area (Å²) < 4.78 is 37.9. The van der Waals surface area contributed by atoms with E-state index in [4.69, 9.17) is 5.73 Å². The van der Waals surface area contributed by atoms with E-state index in [1.54, 1.807) is 6.20 Å². The molecule has 1 heterocycles. The van der Waals surface area contributed by atoms with E-state index in [1.807, 2.05) is 30.3 Å². The van der Waals surface area contributed by atoms with Crippen molar-refractivity contribution in [1.82, 2.24) is 4.98 Å². The van der Waals surface area contributed by atoms with Crippen molar-refractivity contribution in [2.75, 3.05) is 5.73 Å². The van der Waals surface area contributed by atoms with Crippen molar-refractivity contribution in [3.8, 4) is 11.1 Å². The van der Waals surface area contributed by atoms with Gasteiger partial charge in [0.1, 0.15) is 0 Å². The van der Waals surface area contributed by atoms with E-state index in [0.717, 1.165) is 23.0 Å². The molecule has 0 fully saturated rings. The molecule has 21 heavy (non-hydrogen) atoms. The van der Waals surface area contributed by atoms with E-state index in [1.165, 1.54) is 6.07 Å². The Kier molecular flexibility index (Phi) is 3.05. The van der Waals surface area contributed by atoms with Gasteiger partial charge in [-0.1, -0.05) is 24.3 Å². The van der Waals surface area contributed by atoms with Gasteiger partial charge >= 0.3 is 6.18 Å². The third-order valence-corrected chi connectivity index (χ3v) is 3.28. The second-order valence-electron chi connectivity index (χ2n) is 4.72. The fourth-order valence-electron chi connectivity index (χ4n) is 2.22. The number of nitrogens with two attached hydrogens (primary N) is 1. The number of pyridine rings is 1. The number of rotatable bonds is 1. The minimum absolute atomic E-state index is 0.0851. The van der Waals surface area contributed by atoms with Gasteiger partial charge in [0.15, 0.2) is 0 Å². The predicted molar refractivity (Wildman–Crippen MR) is 76.6 cm³/mol. The number of halogens is 3. The third-order valence-electron chi connectivity index (χ3n) is 3.28. The van der Waals surface area contributed by atoms with Crippen LogP contribution < -0.4 is 5.73 Å². The van der Waals surface area contributed by atoms with Gasteiger partial charge in [0.05, 0.1) is 11.1 Å². The summed E-state index contributed by atoms with van der Waals surface area (Å²) in [6.45, 7) is 0. The number of hydrogen-bond donors (Lipinski definition) is 1. The van der Waals surface area contributed by atoms with Crippen LogP contribution >= 0.6 is 0 Å². The molecule has 0 spiro atoms. The number of anilines is 1. The molecule has 0 amide bonds. The summed E-state index contributed by atoms with van der Waals surface area (Å²) in [5.74, 6) is 0. The van der Waals surface area contributed by atoms with Crippen LogP contribution in [0.15, 0.2) is 54.7 Å². The fraction of sp³-hybridized carbons (Fsp3) is 0.0625. The van der Waals surface area contributed by atoms with E-state index in [9.17, 15) is 13.2 Å². The number of alkyl halides is 3. The van der Waals surface area contributed by atoms with Crippen LogP contribution in [0.5, 0.6) is 0 Å². The second-order valence-corrected chi connectivity index (χ2v) is 4.72. The lowest BCUT2D eigenvalue weighted by molar-refractivity contribution is -0.137. The smallest absolute Gasteiger partial charge is 0.398 e. The largest absolute Gasteiger partial charge is 0.416 e. The highest BCUT2D eigenvalue weighted by atomic mass is 19.4. The topological polar surface area (TPSA) is 38.9 Å². The Balaban J connectivity index is 2.10. The summed E-state index contributed by atoms with van der Waals surface area (Å²) in [4.78, 5) is 4.29. The van der Waals surface area contributed by atoms with Crippen molar-refractivity contribution in [3.63, 3.8) is 0 Å². The molecule has 1 aromatic heterocycles. The molecule has 0 bridgehead atoms. The zero-order valence-corrected chi connectivity index (χ0v) is 10.9. The average Bonchev–Trinajstić information content (AvgIpc) is 2.45. The lowest BCUT2D eigenvalue weighted by Crippen LogP contribution is -2.06. The molecule has 0 saturated heterocycles. The predicted octanol–water partition coefficient (Wildman–Crippen LogP) is 4.50. The third kappa shape index (κ3) is 2.54. The number of aromatic nitrogens is 1. The van der Waals surface area contributed by atoms with Gasteiger partial charge < -0.3 is 5.73 Å². The first-order valence-corrected chi connectivity index (χ1v) is 6.27. The van der Waals surface area contributed by atoms with Gasteiger partial charge in [0.2, 0.25) is 0 Å². The maximum atomic E-state index is 12.6. The minimum Gasteiger partial charge on any atom is -0.398 e. The van der Waals surface area contributed by atoms with Gasteiger partial charge in [-0.05, 0) is 24.3 Å². The normalized spacial score (nSPS) is 11.8. The SMILES string of the molecule is Nc1cc(C(F)(F)F)ccc1-c1cnc2ccccc2c1. The molecule has 0 atom stereocenters. The summed E-state index contributed by atoms with van der Waals surface area (Å²) in [5.41, 5.74) is 7.16. The molecule has 3 rings (SSSR count). The molecular formula is C16H11F3N2. The number of para-hydroxylation sites is 1. The van der Waals surface area contributed by atoms with Crippen LogP contribution in [-0.2, 0) is 6.18 Å². The molecule has 0 saturated carbocycles. The maximum absolute atomic E-state index is 12.6. The highest BCUT2D eigenvalue weighted by Gasteiger charge is 2.30. The minimum atomic E-state index is -4.39. The standard InChI is InChI=1S/C16H11F3N2/c17-16(18,19)12-5-6-13(14(20)8-12)11-7-10-3-1-2-4-15(10)21-9-11/h1-9H,20H2. The monoisotopic (exact) mass is 288 g/mol. The summed E-state index contributed by atoms with van der Waals surface area (Å²) in [5, 5.41) is 0.911. The molecule has 5 heteroatoms. The number of nitrogens with zero attached hydrogens (tertiary/aromatic N) is 1. The highest BCUT2D eigenvalue weighted by Crippen LogP contribution is 2.34. The fourth-order valence-corrected chi connectivity index (χ4v) is 2.22. The van der Waals surface area contributed by atoms with Crippen LogP contribution in [0.3, 0.4) is 0 Å². The zero-order valence-electron chi connectivity index (χ0n) is 10.9. The van der Waals surface area contributed by atoms with E-state index in [2.05, 4.69) is 4.98 Å². The molecule has 0 aliphatic carbocycles. The van der Waals surface area contributed by atoms with Crippen LogP contribution in [0.25, 0.3) is 22.0 Å². The first-order valence-electron chi connectivity index (χ1n) is 6.27. The van der Waals surface area contributed by atoms with Crippen molar-refractivity contribution in [1.29, 1.82) is 0 Å². The number of fused-ring (bicyclic) bond motifs is 1. The number of benzene rings is 2. The Morgan fingerprint density at radius 3 is 2.43 bits per heavy atom. The van der Waals surface area contributed by atoms with Gasteiger partial charge in [0.25, 0.3) is 0 Å². The quantitative estimate of drug-likeness (QED) is 0.669. The summed E-state index contributed by atoms with van der Waals surface area (Å²) in [7, 11) is 0. The molecule has 2 nitrogen and oxygen atoms in total. The first-order chi connectivity index (χ1) is 9.95. The molecular weight excluding hydrogens is 277 g/mol. The Morgan fingerprint density at radius 1 is 0.952 bits per heavy atom. The lowest BCUT2D eigenvalue weighted by Gasteiger charge is -2.11. The van der Waals surface area contributed by atoms with Crippen LogP contribution in [0.1, 0.15) is 5.56 Å². The molecule has 0 aliphatic rings. The van der Waals surface area contributed by atoms with E-state index in [0.29, 0.717) is 11.1 Å². The van der Waals surface area contributed by atoms with Crippen LogP contribution in [-0.4, -0.2) is 4.98 Å². The van der Waals surface area contributed by atoms with Crippen molar-refractivity contribution in [2.24, 2.45) is 0 Å². The van der Waals surface area contributed by atoms with Crippen LogP contribution in [0.2, 0.25) is 0 Å². The van der Waals surface area contributed by atoms with Gasteiger partial charge in [-0.25, -0.2) is 0 Å². The van der Waals surface area contributed by atoms with Crippen LogP contribution in [0, 0.1) is 0 Å². The van der Waals surface area contributed by atoms with Crippen molar-refractivity contribution in [3.05, 3.63) is 60.3 Å². The van der Waals surface area contributed by atoms with Gasteiger partial charge in [-0.15, -0.1) is 0 Å². The zero-order chi connectivity index (χ0) is 15.0. The van der Waals surface area contributed by atoms with E-state index in [-0.39, 0.29) is 5.69 Å². The molecule has 2 aromatic carbocycles. The molecule has 106 valence electrons. The molecule has 0 aliphatic heterocycles. The van der Waals surface area contributed by atoms with Gasteiger partial charge in [-0.2, -0.15) is 13.2 Å². The molecule has 0 radical (unpaired) electrons. The Labute approximate surface area is 119 Å². The number of hydrogen-bond acceptors (Lipinski definition) is 2. The Morgan fingerprint density at radius 2 is 1.71 bits per heavy atom. The lowest BCUT2D eigenvalue weighted by atomic mass is 10.0. The Hall–Kier alpha value is -2.56. The van der Waals surface area contributed by atoms with Gasteiger partial charge in [0, 0.05) is 28.4 Å². The van der Waals surface area contributed by atoms with Crippen LogP contribution in [0.4, 0.5) is 18.9 Å². The Bertz CT molecular complexity index is 810. The maximum Gasteiger partial charge on any atom is 0.416 e.